The molecule has 4 aromatic rings. The van der Waals surface area contributed by atoms with Crippen molar-refractivity contribution < 1.29 is 0 Å². The quantitative estimate of drug-likeness (QED) is 0.311. The van der Waals surface area contributed by atoms with E-state index in [-0.39, 0.29) is 0 Å². The fourth-order valence-electron chi connectivity index (χ4n) is 2.42. The Labute approximate surface area is 171 Å². The molecule has 0 bridgehead atoms. The minimum atomic E-state index is 0.777. The fourth-order valence-corrected chi connectivity index (χ4v) is 4.52. The molecule has 0 radical (unpaired) electrons. The zero-order chi connectivity index (χ0) is 19.9. The Kier molecular flexibility index (Phi) is 10.8. The Morgan fingerprint density at radius 3 is 0.679 bits per heavy atom. The Morgan fingerprint density at radius 2 is 0.500 bits per heavy atom. The zero-order valence-corrected chi connectivity index (χ0v) is 17.7. The molecule has 0 aromatic heterocycles. The molecule has 0 aliphatic rings. The summed E-state index contributed by atoms with van der Waals surface area (Å²) in [4.78, 5) is 0. The fraction of sp³-hybridized carbons (Fsp3) is 0. The van der Waals surface area contributed by atoms with Crippen LogP contribution in [0, 0.1) is 0 Å². The molecule has 0 spiro atoms. The van der Waals surface area contributed by atoms with Crippen LogP contribution in [0.4, 0.5) is 0 Å². The van der Waals surface area contributed by atoms with Crippen LogP contribution in [0.3, 0.4) is 0 Å². The molecule has 4 rings (SSSR count). The van der Waals surface area contributed by atoms with Crippen LogP contribution in [-0.4, -0.2) is 0 Å². The van der Waals surface area contributed by atoms with Gasteiger partial charge in [-0.25, -0.2) is 0 Å². The maximum Gasteiger partial charge on any atom is -0.0226 e. The van der Waals surface area contributed by atoms with Gasteiger partial charge in [-0.15, -0.1) is 0 Å². The van der Waals surface area contributed by atoms with Crippen LogP contribution in [-0.2, 0) is 0 Å². The third-order valence-electron chi connectivity index (χ3n) is 3.67. The van der Waals surface area contributed by atoms with E-state index >= 15 is 0 Å². The normalized spacial score (nSPS) is 9.36. The Balaban J connectivity index is 0.000000184. The molecule has 0 aliphatic heterocycles. The van der Waals surface area contributed by atoms with Crippen molar-refractivity contribution in [3.05, 3.63) is 121 Å². The van der Waals surface area contributed by atoms with E-state index in [0.717, 1.165) is 17.2 Å². The van der Waals surface area contributed by atoms with Crippen LogP contribution in [0.15, 0.2) is 121 Å². The summed E-state index contributed by atoms with van der Waals surface area (Å²) in [6, 6.07) is 42.3. The summed E-state index contributed by atoms with van der Waals surface area (Å²) in [6.07, 6.45) is 0. The molecule has 0 fully saturated rings. The molecule has 0 unspecified atom stereocenters. The first-order valence-corrected chi connectivity index (χ1v) is 11.0. The Bertz CT molecular complexity index is 719. The smallest absolute Gasteiger partial charge is 0.0226 e. The second-order valence-electron chi connectivity index (χ2n) is 5.71. The SMILES string of the molecule is NN.c1ccc(Pc2ccccc2)cc1.c1ccc(Pc2ccccc2)cc1. The third-order valence-corrected chi connectivity index (χ3v) is 6.16. The molecule has 0 saturated carbocycles. The van der Waals surface area contributed by atoms with Gasteiger partial charge in [-0.2, -0.15) is 0 Å². The Hall–Kier alpha value is -2.34. The summed E-state index contributed by atoms with van der Waals surface area (Å²) in [6.45, 7) is 0. The van der Waals surface area contributed by atoms with E-state index in [1.807, 2.05) is 0 Å². The van der Waals surface area contributed by atoms with Gasteiger partial charge in [-0.1, -0.05) is 138 Å². The first-order valence-electron chi connectivity index (χ1n) is 8.98. The van der Waals surface area contributed by atoms with Crippen molar-refractivity contribution in [2.45, 2.75) is 0 Å². The number of hydrogen-bond donors (Lipinski definition) is 2. The first kappa shape index (κ1) is 22.0. The molecule has 142 valence electrons. The summed E-state index contributed by atoms with van der Waals surface area (Å²) in [5.74, 6) is 8.00. The van der Waals surface area contributed by atoms with Gasteiger partial charge in [0.05, 0.1) is 0 Å². The van der Waals surface area contributed by atoms with E-state index < -0.39 is 0 Å². The molecule has 0 amide bonds. The highest BCUT2D eigenvalue weighted by molar-refractivity contribution is 7.55. The lowest BCUT2D eigenvalue weighted by atomic mass is 10.4. The van der Waals surface area contributed by atoms with E-state index in [1.54, 1.807) is 0 Å². The van der Waals surface area contributed by atoms with E-state index in [0.29, 0.717) is 0 Å². The molecular weight excluding hydrogens is 378 g/mol. The summed E-state index contributed by atoms with van der Waals surface area (Å²) < 4.78 is 0. The van der Waals surface area contributed by atoms with Gasteiger partial charge in [-0.3, -0.25) is 11.7 Å². The van der Waals surface area contributed by atoms with Crippen molar-refractivity contribution in [1.82, 2.24) is 0 Å². The molecular formula is C24H26N2P2. The average molecular weight is 404 g/mol. The second kappa shape index (κ2) is 13.8. The zero-order valence-electron chi connectivity index (χ0n) is 15.7. The van der Waals surface area contributed by atoms with Gasteiger partial charge < -0.3 is 0 Å². The lowest BCUT2D eigenvalue weighted by Gasteiger charge is -2.00. The number of benzene rings is 4. The highest BCUT2D eigenvalue weighted by Gasteiger charge is 1.93. The van der Waals surface area contributed by atoms with Crippen LogP contribution < -0.4 is 32.9 Å². The van der Waals surface area contributed by atoms with Crippen molar-refractivity contribution in [2.24, 2.45) is 11.7 Å². The number of hydrazine groups is 1. The molecule has 4 heteroatoms. The minimum absolute atomic E-state index is 0.777. The van der Waals surface area contributed by atoms with Crippen LogP contribution in [0.2, 0.25) is 0 Å². The van der Waals surface area contributed by atoms with Gasteiger partial charge in [0.1, 0.15) is 0 Å². The highest BCUT2D eigenvalue weighted by Crippen LogP contribution is 2.09. The van der Waals surface area contributed by atoms with Crippen molar-refractivity contribution in [2.75, 3.05) is 0 Å². The van der Waals surface area contributed by atoms with Crippen LogP contribution >= 0.6 is 17.2 Å². The van der Waals surface area contributed by atoms with Gasteiger partial charge in [0.15, 0.2) is 0 Å². The molecule has 4 aromatic carbocycles. The number of hydrogen-bond acceptors (Lipinski definition) is 2. The van der Waals surface area contributed by atoms with E-state index in [9.17, 15) is 0 Å². The molecule has 0 aliphatic carbocycles. The molecule has 4 N–H and O–H groups in total. The van der Waals surface area contributed by atoms with Crippen LogP contribution in [0.1, 0.15) is 0 Å². The van der Waals surface area contributed by atoms with Crippen LogP contribution in [0.25, 0.3) is 0 Å². The average Bonchev–Trinajstić information content (AvgIpc) is 2.79. The van der Waals surface area contributed by atoms with Gasteiger partial charge >= 0.3 is 0 Å². The lowest BCUT2D eigenvalue weighted by Crippen LogP contribution is -2.02. The van der Waals surface area contributed by atoms with Crippen molar-refractivity contribution in [1.29, 1.82) is 0 Å². The molecule has 0 heterocycles. The van der Waals surface area contributed by atoms with E-state index in [2.05, 4.69) is 133 Å². The van der Waals surface area contributed by atoms with Crippen LogP contribution in [0.5, 0.6) is 0 Å². The van der Waals surface area contributed by atoms with Gasteiger partial charge in [0.25, 0.3) is 0 Å². The van der Waals surface area contributed by atoms with Crippen molar-refractivity contribution in [3.63, 3.8) is 0 Å². The third kappa shape index (κ3) is 8.57. The summed E-state index contributed by atoms with van der Waals surface area (Å²) in [7, 11) is 1.55. The second-order valence-corrected chi connectivity index (χ2v) is 8.52. The predicted octanol–water partition coefficient (Wildman–Crippen LogP) is 3.45. The monoisotopic (exact) mass is 404 g/mol. The predicted molar refractivity (Wildman–Crippen MR) is 129 cm³/mol. The molecule has 28 heavy (non-hydrogen) atoms. The lowest BCUT2D eigenvalue weighted by molar-refractivity contribution is 1.26. The number of nitrogens with two attached hydrogens (primary N) is 2. The maximum atomic E-state index is 4.00. The van der Waals surface area contributed by atoms with E-state index in [4.69, 9.17) is 0 Å². The molecule has 0 atom stereocenters. The number of rotatable bonds is 4. The van der Waals surface area contributed by atoms with Crippen molar-refractivity contribution in [3.8, 4) is 0 Å². The summed E-state index contributed by atoms with van der Waals surface area (Å²) >= 11 is 0. The van der Waals surface area contributed by atoms with E-state index in [1.165, 1.54) is 21.2 Å². The standard InChI is InChI=1S/2C12H11P.H4N2/c2*1-3-7-11(8-4-1)13-12-9-5-2-6-10-12;1-2/h2*1-10,13H;1-2H2. The molecule has 0 saturated heterocycles. The van der Waals surface area contributed by atoms with Gasteiger partial charge in [0, 0.05) is 0 Å². The van der Waals surface area contributed by atoms with Crippen molar-refractivity contribution >= 4 is 38.4 Å². The van der Waals surface area contributed by atoms with Gasteiger partial charge in [-0.05, 0) is 21.2 Å². The van der Waals surface area contributed by atoms with Gasteiger partial charge in [0.2, 0.25) is 0 Å². The Morgan fingerprint density at radius 1 is 0.321 bits per heavy atom. The minimum Gasteiger partial charge on any atom is -0.274 e. The maximum absolute atomic E-state index is 4.00. The summed E-state index contributed by atoms with van der Waals surface area (Å²) in [5, 5.41) is 5.59. The largest absolute Gasteiger partial charge is 0.274 e. The molecule has 2 nitrogen and oxygen atoms in total. The highest BCUT2D eigenvalue weighted by atomic mass is 31.1. The topological polar surface area (TPSA) is 52.0 Å². The first-order chi connectivity index (χ1) is 13.9. The summed E-state index contributed by atoms with van der Waals surface area (Å²) in [5.41, 5.74) is 0.